The van der Waals surface area contributed by atoms with Gasteiger partial charge in [-0.3, -0.25) is 0 Å². The molecule has 0 fully saturated rings. The summed E-state index contributed by atoms with van der Waals surface area (Å²) in [6.45, 7) is 5.48. The van der Waals surface area contributed by atoms with Crippen LogP contribution in [0.4, 0.5) is 0 Å². The summed E-state index contributed by atoms with van der Waals surface area (Å²) in [6, 6.07) is 0. The summed E-state index contributed by atoms with van der Waals surface area (Å²) in [7, 11) is -2.79. The highest BCUT2D eigenvalue weighted by molar-refractivity contribution is 7.91. The zero-order chi connectivity index (χ0) is 10.2. The molecule has 0 aliphatic carbocycles. The normalized spacial score (nSPS) is 11.8. The van der Waals surface area contributed by atoms with Crippen LogP contribution in [0.2, 0.25) is 0 Å². The van der Waals surface area contributed by atoms with Crippen molar-refractivity contribution in [3.05, 3.63) is 0 Å². The van der Waals surface area contributed by atoms with Crippen LogP contribution in [0.25, 0.3) is 0 Å². The first-order valence-electron chi connectivity index (χ1n) is 5.03. The molecule has 80 valence electrons. The van der Waals surface area contributed by atoms with Crippen LogP contribution in [0.15, 0.2) is 0 Å². The molecule has 0 aromatic rings. The Kier molecular flexibility index (Phi) is 7.28. The average molecular weight is 207 g/mol. The summed E-state index contributed by atoms with van der Waals surface area (Å²) in [4.78, 5) is 0. The lowest BCUT2D eigenvalue weighted by Crippen LogP contribution is -2.24. The van der Waals surface area contributed by atoms with Gasteiger partial charge >= 0.3 is 0 Å². The first-order valence-corrected chi connectivity index (χ1v) is 6.85. The third-order valence-electron chi connectivity index (χ3n) is 1.90. The number of unbranched alkanes of at least 4 members (excludes halogenated alkanes) is 2. The van der Waals surface area contributed by atoms with Gasteiger partial charge in [0.1, 0.15) is 0 Å². The van der Waals surface area contributed by atoms with E-state index in [2.05, 4.69) is 12.2 Å². The summed E-state index contributed by atoms with van der Waals surface area (Å²) in [5.41, 5.74) is 0. The average Bonchev–Trinajstić information content (AvgIpc) is 2.05. The monoisotopic (exact) mass is 207 g/mol. The molecule has 0 atom stereocenters. The predicted octanol–water partition coefficient (Wildman–Crippen LogP) is 1.20. The van der Waals surface area contributed by atoms with Gasteiger partial charge in [-0.05, 0) is 13.0 Å². The van der Waals surface area contributed by atoms with E-state index in [1.165, 1.54) is 0 Å². The van der Waals surface area contributed by atoms with E-state index in [9.17, 15) is 8.42 Å². The van der Waals surface area contributed by atoms with Crippen molar-refractivity contribution in [1.29, 1.82) is 0 Å². The minimum Gasteiger partial charge on any atom is -0.316 e. The smallest absolute Gasteiger partial charge is 0.151 e. The second-order valence-electron chi connectivity index (χ2n) is 3.21. The van der Waals surface area contributed by atoms with E-state index in [4.69, 9.17) is 0 Å². The molecule has 1 N–H and O–H groups in total. The summed E-state index contributed by atoms with van der Waals surface area (Å²) >= 11 is 0. The first kappa shape index (κ1) is 12.9. The lowest BCUT2D eigenvalue weighted by atomic mass is 10.3. The number of rotatable bonds is 8. The van der Waals surface area contributed by atoms with Crippen molar-refractivity contribution in [1.82, 2.24) is 5.32 Å². The third-order valence-corrected chi connectivity index (χ3v) is 3.64. The van der Waals surface area contributed by atoms with E-state index < -0.39 is 9.84 Å². The fourth-order valence-corrected chi connectivity index (χ4v) is 2.38. The molecule has 0 bridgehead atoms. The Labute approximate surface area is 81.8 Å². The van der Waals surface area contributed by atoms with Gasteiger partial charge in [0, 0.05) is 6.54 Å². The Morgan fingerprint density at radius 1 is 1.08 bits per heavy atom. The molecular formula is C9H21NO2S. The molecule has 0 saturated heterocycles. The van der Waals surface area contributed by atoms with Crippen LogP contribution in [-0.2, 0) is 9.84 Å². The molecule has 0 unspecified atom stereocenters. The van der Waals surface area contributed by atoms with Gasteiger partial charge < -0.3 is 5.32 Å². The lowest BCUT2D eigenvalue weighted by Gasteiger charge is -2.03. The highest BCUT2D eigenvalue weighted by Crippen LogP contribution is 1.99. The second kappa shape index (κ2) is 7.33. The highest BCUT2D eigenvalue weighted by atomic mass is 32.2. The van der Waals surface area contributed by atoms with Crippen molar-refractivity contribution in [2.75, 3.05) is 24.6 Å². The van der Waals surface area contributed by atoms with Gasteiger partial charge in [0.05, 0.1) is 11.5 Å². The van der Waals surface area contributed by atoms with Crippen LogP contribution >= 0.6 is 0 Å². The van der Waals surface area contributed by atoms with E-state index in [1.54, 1.807) is 0 Å². The van der Waals surface area contributed by atoms with E-state index in [0.717, 1.165) is 25.8 Å². The van der Waals surface area contributed by atoms with E-state index in [0.29, 0.717) is 12.3 Å². The molecule has 0 radical (unpaired) electrons. The van der Waals surface area contributed by atoms with E-state index >= 15 is 0 Å². The molecular weight excluding hydrogens is 186 g/mol. The second-order valence-corrected chi connectivity index (χ2v) is 5.52. The third kappa shape index (κ3) is 8.25. The summed E-state index contributed by atoms with van der Waals surface area (Å²) in [5, 5.41) is 3.02. The van der Waals surface area contributed by atoms with Gasteiger partial charge in [0.15, 0.2) is 9.84 Å². The van der Waals surface area contributed by atoms with Gasteiger partial charge in [0.2, 0.25) is 0 Å². The summed E-state index contributed by atoms with van der Waals surface area (Å²) < 4.78 is 22.7. The maximum Gasteiger partial charge on any atom is 0.151 e. The zero-order valence-corrected chi connectivity index (χ0v) is 9.49. The number of sulfone groups is 1. The van der Waals surface area contributed by atoms with Crippen LogP contribution in [-0.4, -0.2) is 33.0 Å². The number of nitrogens with one attached hydrogen (secondary N) is 1. The molecule has 13 heavy (non-hydrogen) atoms. The standard InChI is InChI=1S/C9H21NO2S/c1-3-5-6-8-13(11,12)9-7-10-4-2/h10H,3-9H2,1-2H3. The molecule has 0 aromatic heterocycles. The first-order chi connectivity index (χ1) is 6.12. The zero-order valence-electron chi connectivity index (χ0n) is 8.67. The SMILES string of the molecule is CCCCCS(=O)(=O)CCNCC. The summed E-state index contributed by atoms with van der Waals surface area (Å²) in [5.74, 6) is 0.636. The Balaban J connectivity index is 3.55. The molecule has 0 aliphatic rings. The van der Waals surface area contributed by atoms with Crippen LogP contribution in [0.1, 0.15) is 33.1 Å². The van der Waals surface area contributed by atoms with Crippen molar-refractivity contribution in [2.45, 2.75) is 33.1 Å². The molecule has 3 nitrogen and oxygen atoms in total. The Hall–Kier alpha value is -0.0900. The molecule has 0 saturated carbocycles. The Morgan fingerprint density at radius 3 is 2.31 bits per heavy atom. The van der Waals surface area contributed by atoms with Crippen LogP contribution in [0, 0.1) is 0 Å². The quantitative estimate of drug-likeness (QED) is 0.608. The molecule has 0 spiro atoms. The van der Waals surface area contributed by atoms with Gasteiger partial charge in [0.25, 0.3) is 0 Å². The van der Waals surface area contributed by atoms with Crippen molar-refractivity contribution in [2.24, 2.45) is 0 Å². The molecule has 0 heterocycles. The minimum absolute atomic E-state index is 0.282. The topological polar surface area (TPSA) is 46.2 Å². The van der Waals surface area contributed by atoms with Gasteiger partial charge in [-0.2, -0.15) is 0 Å². The molecule has 0 aromatic carbocycles. The Morgan fingerprint density at radius 2 is 1.77 bits per heavy atom. The molecule has 4 heteroatoms. The predicted molar refractivity (Wildman–Crippen MR) is 56.7 cm³/mol. The largest absolute Gasteiger partial charge is 0.316 e. The van der Waals surface area contributed by atoms with Gasteiger partial charge in [-0.15, -0.1) is 0 Å². The highest BCUT2D eigenvalue weighted by Gasteiger charge is 2.08. The minimum atomic E-state index is -2.79. The summed E-state index contributed by atoms with van der Waals surface area (Å²) in [6.07, 6.45) is 2.90. The lowest BCUT2D eigenvalue weighted by molar-refractivity contribution is 0.587. The fourth-order valence-electron chi connectivity index (χ4n) is 1.08. The van der Waals surface area contributed by atoms with E-state index in [1.807, 2.05) is 6.92 Å². The van der Waals surface area contributed by atoms with Crippen LogP contribution in [0.3, 0.4) is 0 Å². The molecule has 0 aliphatic heterocycles. The van der Waals surface area contributed by atoms with Crippen LogP contribution < -0.4 is 5.32 Å². The maximum atomic E-state index is 11.3. The number of hydrogen-bond acceptors (Lipinski definition) is 3. The molecule has 0 rings (SSSR count). The van der Waals surface area contributed by atoms with E-state index in [-0.39, 0.29) is 5.75 Å². The maximum absolute atomic E-state index is 11.3. The van der Waals surface area contributed by atoms with Crippen molar-refractivity contribution in [3.8, 4) is 0 Å². The Bertz CT molecular complexity index is 184. The van der Waals surface area contributed by atoms with Gasteiger partial charge in [-0.1, -0.05) is 26.7 Å². The van der Waals surface area contributed by atoms with Crippen molar-refractivity contribution >= 4 is 9.84 Å². The van der Waals surface area contributed by atoms with Crippen molar-refractivity contribution in [3.63, 3.8) is 0 Å². The van der Waals surface area contributed by atoms with Gasteiger partial charge in [-0.25, -0.2) is 8.42 Å². The number of hydrogen-bond donors (Lipinski definition) is 1. The fraction of sp³-hybridized carbons (Fsp3) is 1.00. The van der Waals surface area contributed by atoms with Crippen LogP contribution in [0.5, 0.6) is 0 Å². The molecule has 0 amide bonds. The van der Waals surface area contributed by atoms with Crippen molar-refractivity contribution < 1.29 is 8.42 Å².